The molecule has 106 valence electrons. The Labute approximate surface area is 117 Å². The van der Waals surface area contributed by atoms with E-state index in [4.69, 9.17) is 4.74 Å². The molecule has 0 aliphatic heterocycles. The SMILES string of the molecule is Cc1ccc(C(C)(C)C)c(OCCNCC2CC2)c1. The van der Waals surface area contributed by atoms with Crippen LogP contribution in [-0.4, -0.2) is 19.7 Å². The van der Waals surface area contributed by atoms with Crippen LogP contribution in [0.1, 0.15) is 44.7 Å². The Morgan fingerprint density at radius 3 is 2.63 bits per heavy atom. The average molecular weight is 261 g/mol. The van der Waals surface area contributed by atoms with E-state index in [0.29, 0.717) is 0 Å². The van der Waals surface area contributed by atoms with Crippen LogP contribution in [0.2, 0.25) is 0 Å². The lowest BCUT2D eigenvalue weighted by atomic mass is 9.86. The summed E-state index contributed by atoms with van der Waals surface area (Å²) in [7, 11) is 0. The van der Waals surface area contributed by atoms with Crippen molar-refractivity contribution in [3.05, 3.63) is 29.3 Å². The maximum absolute atomic E-state index is 5.98. The summed E-state index contributed by atoms with van der Waals surface area (Å²) in [5, 5.41) is 3.47. The predicted molar refractivity (Wildman–Crippen MR) is 81.0 cm³/mol. The van der Waals surface area contributed by atoms with E-state index in [1.807, 2.05) is 0 Å². The molecule has 1 aromatic rings. The normalized spacial score (nSPS) is 15.6. The maximum Gasteiger partial charge on any atom is 0.123 e. The summed E-state index contributed by atoms with van der Waals surface area (Å²) < 4.78 is 5.98. The lowest BCUT2D eigenvalue weighted by Crippen LogP contribution is -2.24. The van der Waals surface area contributed by atoms with E-state index in [2.05, 4.69) is 51.2 Å². The van der Waals surface area contributed by atoms with Crippen LogP contribution in [0.4, 0.5) is 0 Å². The Hall–Kier alpha value is -1.02. The van der Waals surface area contributed by atoms with Crippen LogP contribution in [0, 0.1) is 12.8 Å². The highest BCUT2D eigenvalue weighted by atomic mass is 16.5. The first-order valence-corrected chi connectivity index (χ1v) is 7.41. The predicted octanol–water partition coefficient (Wildman–Crippen LogP) is 3.67. The second kappa shape index (κ2) is 5.96. The Morgan fingerprint density at radius 1 is 1.26 bits per heavy atom. The van der Waals surface area contributed by atoms with Crippen LogP contribution < -0.4 is 10.1 Å². The van der Waals surface area contributed by atoms with Gasteiger partial charge in [-0.1, -0.05) is 32.9 Å². The molecule has 1 N–H and O–H groups in total. The molecular weight excluding hydrogens is 234 g/mol. The van der Waals surface area contributed by atoms with Gasteiger partial charge >= 0.3 is 0 Å². The summed E-state index contributed by atoms with van der Waals surface area (Å²) in [5.74, 6) is 1.98. The smallest absolute Gasteiger partial charge is 0.123 e. The fourth-order valence-electron chi connectivity index (χ4n) is 2.23. The van der Waals surface area contributed by atoms with Gasteiger partial charge in [0.05, 0.1) is 0 Å². The molecule has 0 radical (unpaired) electrons. The van der Waals surface area contributed by atoms with Gasteiger partial charge in [0.1, 0.15) is 12.4 Å². The molecule has 1 aliphatic carbocycles. The van der Waals surface area contributed by atoms with Crippen molar-refractivity contribution < 1.29 is 4.74 Å². The minimum absolute atomic E-state index is 0.129. The third-order valence-corrected chi connectivity index (χ3v) is 3.61. The third kappa shape index (κ3) is 4.54. The molecule has 0 unspecified atom stereocenters. The molecule has 0 bridgehead atoms. The van der Waals surface area contributed by atoms with Crippen LogP contribution in [0.25, 0.3) is 0 Å². The van der Waals surface area contributed by atoms with Crippen LogP contribution in [0.3, 0.4) is 0 Å². The zero-order chi connectivity index (χ0) is 13.9. The monoisotopic (exact) mass is 261 g/mol. The first-order chi connectivity index (χ1) is 8.97. The zero-order valence-electron chi connectivity index (χ0n) is 12.8. The molecule has 0 amide bonds. The Kier molecular flexibility index (Phi) is 4.51. The molecule has 0 aromatic heterocycles. The number of aryl methyl sites for hydroxylation is 1. The summed E-state index contributed by atoms with van der Waals surface area (Å²) >= 11 is 0. The van der Waals surface area contributed by atoms with E-state index < -0.39 is 0 Å². The molecule has 0 atom stereocenters. The lowest BCUT2D eigenvalue weighted by molar-refractivity contribution is 0.305. The molecule has 1 aromatic carbocycles. The molecule has 1 saturated carbocycles. The van der Waals surface area contributed by atoms with Crippen molar-refractivity contribution >= 4 is 0 Å². The van der Waals surface area contributed by atoms with Crippen LogP contribution in [-0.2, 0) is 5.41 Å². The highest BCUT2D eigenvalue weighted by Gasteiger charge is 2.20. The van der Waals surface area contributed by atoms with E-state index in [-0.39, 0.29) is 5.41 Å². The van der Waals surface area contributed by atoms with Gasteiger partial charge in [-0.3, -0.25) is 0 Å². The van der Waals surface area contributed by atoms with E-state index in [1.54, 1.807) is 0 Å². The molecule has 19 heavy (non-hydrogen) atoms. The van der Waals surface area contributed by atoms with Gasteiger partial charge in [0.2, 0.25) is 0 Å². The average Bonchev–Trinajstić information content (AvgIpc) is 3.11. The number of ether oxygens (including phenoxy) is 1. The third-order valence-electron chi connectivity index (χ3n) is 3.61. The molecule has 0 heterocycles. The highest BCUT2D eigenvalue weighted by molar-refractivity contribution is 5.41. The van der Waals surface area contributed by atoms with Gasteiger partial charge in [-0.05, 0) is 54.8 Å². The summed E-state index contributed by atoms with van der Waals surface area (Å²) in [6.07, 6.45) is 2.81. The van der Waals surface area contributed by atoms with Crippen LogP contribution in [0.5, 0.6) is 5.75 Å². The molecule has 2 nitrogen and oxygen atoms in total. The topological polar surface area (TPSA) is 21.3 Å². The Morgan fingerprint density at radius 2 is 2.00 bits per heavy atom. The van der Waals surface area contributed by atoms with E-state index in [0.717, 1.165) is 31.4 Å². The first kappa shape index (κ1) is 14.4. The van der Waals surface area contributed by atoms with Gasteiger partial charge in [0.15, 0.2) is 0 Å². The van der Waals surface area contributed by atoms with Gasteiger partial charge in [-0.15, -0.1) is 0 Å². The van der Waals surface area contributed by atoms with Crippen molar-refractivity contribution in [3.63, 3.8) is 0 Å². The van der Waals surface area contributed by atoms with Gasteiger partial charge < -0.3 is 10.1 Å². The molecule has 0 spiro atoms. The van der Waals surface area contributed by atoms with Crippen molar-refractivity contribution in [3.8, 4) is 5.75 Å². The molecule has 1 fully saturated rings. The minimum atomic E-state index is 0.129. The molecule has 0 saturated heterocycles. The van der Waals surface area contributed by atoms with Crippen LogP contribution in [0.15, 0.2) is 18.2 Å². The fourth-order valence-corrected chi connectivity index (χ4v) is 2.23. The zero-order valence-corrected chi connectivity index (χ0v) is 12.8. The fraction of sp³-hybridized carbons (Fsp3) is 0.647. The molecular formula is C17H27NO. The molecule has 2 rings (SSSR count). The summed E-state index contributed by atoms with van der Waals surface area (Å²) in [6.45, 7) is 11.7. The van der Waals surface area contributed by atoms with E-state index in [1.165, 1.54) is 24.0 Å². The molecule has 2 heteroatoms. The molecule has 1 aliphatic rings. The summed E-state index contributed by atoms with van der Waals surface area (Å²) in [6, 6.07) is 6.52. The largest absolute Gasteiger partial charge is 0.492 e. The maximum atomic E-state index is 5.98. The van der Waals surface area contributed by atoms with Gasteiger partial charge in [-0.25, -0.2) is 0 Å². The number of hydrogen-bond donors (Lipinski definition) is 1. The van der Waals surface area contributed by atoms with Crippen molar-refractivity contribution in [1.82, 2.24) is 5.32 Å². The Bertz CT molecular complexity index is 416. The first-order valence-electron chi connectivity index (χ1n) is 7.41. The van der Waals surface area contributed by atoms with Gasteiger partial charge in [-0.2, -0.15) is 0 Å². The number of hydrogen-bond acceptors (Lipinski definition) is 2. The van der Waals surface area contributed by atoms with Gasteiger partial charge in [0, 0.05) is 6.54 Å². The quantitative estimate of drug-likeness (QED) is 0.789. The second-order valence-corrected chi connectivity index (χ2v) is 6.75. The van der Waals surface area contributed by atoms with Crippen molar-refractivity contribution in [2.45, 2.75) is 46.0 Å². The van der Waals surface area contributed by atoms with Crippen molar-refractivity contribution in [2.24, 2.45) is 5.92 Å². The lowest BCUT2D eigenvalue weighted by Gasteiger charge is -2.23. The van der Waals surface area contributed by atoms with Crippen molar-refractivity contribution in [2.75, 3.05) is 19.7 Å². The number of benzene rings is 1. The summed E-state index contributed by atoms with van der Waals surface area (Å²) in [4.78, 5) is 0. The summed E-state index contributed by atoms with van der Waals surface area (Å²) in [5.41, 5.74) is 2.68. The minimum Gasteiger partial charge on any atom is -0.492 e. The van der Waals surface area contributed by atoms with Gasteiger partial charge in [0.25, 0.3) is 0 Å². The number of nitrogens with one attached hydrogen (secondary N) is 1. The van der Waals surface area contributed by atoms with Crippen LogP contribution >= 0.6 is 0 Å². The van der Waals surface area contributed by atoms with E-state index in [9.17, 15) is 0 Å². The Balaban J connectivity index is 1.88. The highest BCUT2D eigenvalue weighted by Crippen LogP contribution is 2.32. The second-order valence-electron chi connectivity index (χ2n) is 6.75. The standard InChI is InChI=1S/C17H27NO/c1-13-5-8-15(17(2,3)4)16(11-13)19-10-9-18-12-14-6-7-14/h5,8,11,14,18H,6-7,9-10,12H2,1-4H3. The van der Waals surface area contributed by atoms with Crippen molar-refractivity contribution in [1.29, 1.82) is 0 Å². The van der Waals surface area contributed by atoms with E-state index >= 15 is 0 Å². The number of rotatable bonds is 6.